The summed E-state index contributed by atoms with van der Waals surface area (Å²) in [5.74, 6) is 0.386. The second-order valence-electron chi connectivity index (χ2n) is 7.05. The first kappa shape index (κ1) is 23.3. The number of rotatable bonds is 8. The zero-order valence-electron chi connectivity index (χ0n) is 18.3. The highest BCUT2D eigenvalue weighted by atomic mass is 32.2. The molecule has 0 saturated carbocycles. The predicted octanol–water partition coefficient (Wildman–Crippen LogP) is 4.13. The second-order valence-corrected chi connectivity index (χ2v) is 8.99. The Morgan fingerprint density at radius 3 is 2.44 bits per heavy atom. The largest absolute Gasteiger partial charge is 0.322 e. The number of hydrogen-bond donors (Lipinski definition) is 1. The summed E-state index contributed by atoms with van der Waals surface area (Å²) in [7, 11) is -3.50. The molecule has 1 N–H and O–H groups in total. The summed E-state index contributed by atoms with van der Waals surface area (Å²) in [5.41, 5.74) is 3.03. The molecule has 1 heterocycles. The lowest BCUT2D eigenvalue weighted by Gasteiger charge is -2.18. The van der Waals surface area contributed by atoms with Crippen molar-refractivity contribution in [2.45, 2.75) is 25.7 Å². The van der Waals surface area contributed by atoms with Crippen molar-refractivity contribution in [3.63, 3.8) is 0 Å². The van der Waals surface area contributed by atoms with Gasteiger partial charge in [-0.1, -0.05) is 38.1 Å². The molecule has 3 aromatic rings. The summed E-state index contributed by atoms with van der Waals surface area (Å²) < 4.78 is 26.5. The normalized spacial score (nSPS) is 11.8. The third-order valence-corrected chi connectivity index (χ3v) is 6.92. The molecule has 166 valence electrons. The van der Waals surface area contributed by atoms with Crippen LogP contribution in [0.3, 0.4) is 0 Å². The van der Waals surface area contributed by atoms with Crippen molar-refractivity contribution >= 4 is 27.7 Å². The number of carbonyl (C=O) groups is 1. The van der Waals surface area contributed by atoms with Crippen LogP contribution in [-0.4, -0.2) is 41.7 Å². The number of nitrogens with zero attached hydrogens (tertiary/aromatic N) is 3. The first-order valence-corrected chi connectivity index (χ1v) is 11.8. The van der Waals surface area contributed by atoms with E-state index < -0.39 is 10.0 Å². The Morgan fingerprint density at radius 1 is 1.06 bits per heavy atom. The maximum atomic E-state index is 12.6. The van der Waals surface area contributed by atoms with E-state index in [-0.39, 0.29) is 10.8 Å². The molecule has 0 fully saturated rings. The fraction of sp³-hybridized carbons (Fsp3) is 0.208. The van der Waals surface area contributed by atoms with Gasteiger partial charge >= 0.3 is 0 Å². The molecule has 2 aromatic carbocycles. The van der Waals surface area contributed by atoms with E-state index in [1.54, 1.807) is 56.5 Å². The van der Waals surface area contributed by atoms with E-state index >= 15 is 0 Å². The van der Waals surface area contributed by atoms with Crippen molar-refractivity contribution in [2.24, 2.45) is 0 Å². The van der Waals surface area contributed by atoms with Crippen molar-refractivity contribution in [1.82, 2.24) is 14.3 Å². The molecule has 1 amide bonds. The smallest absolute Gasteiger partial charge is 0.248 e. The summed E-state index contributed by atoms with van der Waals surface area (Å²) in [5, 5.41) is 2.83. The van der Waals surface area contributed by atoms with E-state index in [1.165, 1.54) is 10.4 Å². The first-order valence-electron chi connectivity index (χ1n) is 10.3. The Morgan fingerprint density at radius 2 is 1.78 bits per heavy atom. The molecule has 0 atom stereocenters. The van der Waals surface area contributed by atoms with Crippen LogP contribution in [0.15, 0.2) is 71.8 Å². The third kappa shape index (κ3) is 5.66. The Hall–Kier alpha value is -3.36. The van der Waals surface area contributed by atoms with E-state index in [2.05, 4.69) is 15.3 Å². The number of aryl methyl sites for hydroxylation is 1. The van der Waals surface area contributed by atoms with Gasteiger partial charge in [-0.2, -0.15) is 4.31 Å². The molecule has 0 unspecified atom stereocenters. The van der Waals surface area contributed by atoms with Gasteiger partial charge in [0.1, 0.15) is 5.82 Å². The minimum atomic E-state index is -3.50. The van der Waals surface area contributed by atoms with E-state index in [4.69, 9.17) is 0 Å². The predicted molar refractivity (Wildman–Crippen MR) is 126 cm³/mol. The highest BCUT2D eigenvalue weighted by molar-refractivity contribution is 7.89. The molecule has 0 aliphatic carbocycles. The molecule has 3 rings (SSSR count). The molecule has 32 heavy (non-hydrogen) atoms. The highest BCUT2D eigenvalue weighted by Gasteiger charge is 2.20. The van der Waals surface area contributed by atoms with Crippen molar-refractivity contribution in [3.8, 4) is 11.3 Å². The van der Waals surface area contributed by atoms with Crippen LogP contribution in [0.5, 0.6) is 0 Å². The van der Waals surface area contributed by atoms with Crippen LogP contribution in [0.4, 0.5) is 5.69 Å². The lowest BCUT2D eigenvalue weighted by molar-refractivity contribution is -0.111. The average Bonchev–Trinajstić information content (AvgIpc) is 2.79. The molecule has 0 saturated heterocycles. The topological polar surface area (TPSA) is 92.3 Å². The van der Waals surface area contributed by atoms with Gasteiger partial charge in [-0.3, -0.25) is 4.79 Å². The zero-order valence-corrected chi connectivity index (χ0v) is 19.1. The summed E-state index contributed by atoms with van der Waals surface area (Å²) >= 11 is 0. The van der Waals surface area contributed by atoms with Crippen LogP contribution >= 0.6 is 0 Å². The minimum absolute atomic E-state index is 0.236. The van der Waals surface area contributed by atoms with E-state index in [1.807, 2.05) is 31.2 Å². The quantitative estimate of drug-likeness (QED) is 0.521. The molecular weight excluding hydrogens is 424 g/mol. The SMILES string of the molecule is CCN(CC)S(=O)(=O)c1ccc(/C=C/C(=O)Nc2cccc(-c3ccnc(C)n3)c2)cc1. The van der Waals surface area contributed by atoms with Gasteiger partial charge in [-0.05, 0) is 48.9 Å². The number of anilines is 1. The fourth-order valence-corrected chi connectivity index (χ4v) is 4.65. The number of carbonyl (C=O) groups excluding carboxylic acids is 1. The molecule has 0 aliphatic rings. The van der Waals surface area contributed by atoms with Crippen LogP contribution in [0.1, 0.15) is 25.2 Å². The fourth-order valence-electron chi connectivity index (χ4n) is 3.19. The van der Waals surface area contributed by atoms with E-state index in [0.717, 1.165) is 16.8 Å². The third-order valence-electron chi connectivity index (χ3n) is 4.85. The summed E-state index contributed by atoms with van der Waals surface area (Å²) in [6.45, 7) is 6.27. The molecule has 0 bridgehead atoms. The van der Waals surface area contributed by atoms with Crippen molar-refractivity contribution in [2.75, 3.05) is 18.4 Å². The van der Waals surface area contributed by atoms with Gasteiger partial charge in [0.2, 0.25) is 15.9 Å². The molecular formula is C24H26N4O3S. The van der Waals surface area contributed by atoms with Crippen molar-refractivity contribution in [3.05, 3.63) is 78.3 Å². The minimum Gasteiger partial charge on any atom is -0.322 e. The van der Waals surface area contributed by atoms with Gasteiger partial charge in [0.05, 0.1) is 10.6 Å². The maximum Gasteiger partial charge on any atom is 0.248 e. The Labute approximate surface area is 188 Å². The maximum absolute atomic E-state index is 12.6. The molecule has 0 aliphatic heterocycles. The summed E-state index contributed by atoms with van der Waals surface area (Å²) in [4.78, 5) is 21.1. The number of nitrogens with one attached hydrogen (secondary N) is 1. The number of benzene rings is 2. The van der Waals surface area contributed by atoms with Gasteiger partial charge in [0.15, 0.2) is 0 Å². The summed E-state index contributed by atoms with van der Waals surface area (Å²) in [6, 6.07) is 15.7. The van der Waals surface area contributed by atoms with Gasteiger partial charge < -0.3 is 5.32 Å². The zero-order chi connectivity index (χ0) is 23.1. The molecule has 1 aromatic heterocycles. The Kier molecular flexibility index (Phi) is 7.50. The van der Waals surface area contributed by atoms with Crippen molar-refractivity contribution in [1.29, 1.82) is 0 Å². The van der Waals surface area contributed by atoms with Gasteiger partial charge in [-0.15, -0.1) is 0 Å². The molecule has 0 radical (unpaired) electrons. The monoisotopic (exact) mass is 450 g/mol. The van der Waals surface area contributed by atoms with Gasteiger partial charge in [0.25, 0.3) is 0 Å². The number of sulfonamides is 1. The molecule has 8 heteroatoms. The van der Waals surface area contributed by atoms with Gasteiger partial charge in [-0.25, -0.2) is 18.4 Å². The number of amides is 1. The first-order chi connectivity index (χ1) is 15.3. The summed E-state index contributed by atoms with van der Waals surface area (Å²) in [6.07, 6.45) is 4.75. The number of hydrogen-bond acceptors (Lipinski definition) is 5. The van der Waals surface area contributed by atoms with E-state index in [0.29, 0.717) is 24.6 Å². The highest BCUT2D eigenvalue weighted by Crippen LogP contribution is 2.21. The Bertz CT molecular complexity index is 1220. The lowest BCUT2D eigenvalue weighted by atomic mass is 10.1. The van der Waals surface area contributed by atoms with Crippen LogP contribution in [-0.2, 0) is 14.8 Å². The Balaban J connectivity index is 1.68. The second kappa shape index (κ2) is 10.3. The van der Waals surface area contributed by atoms with Gasteiger partial charge in [0, 0.05) is 36.6 Å². The molecule has 0 spiro atoms. The lowest BCUT2D eigenvalue weighted by Crippen LogP contribution is -2.30. The van der Waals surface area contributed by atoms with Crippen LogP contribution < -0.4 is 5.32 Å². The van der Waals surface area contributed by atoms with Crippen LogP contribution in [0.25, 0.3) is 17.3 Å². The van der Waals surface area contributed by atoms with E-state index in [9.17, 15) is 13.2 Å². The van der Waals surface area contributed by atoms with Crippen LogP contribution in [0, 0.1) is 6.92 Å². The average molecular weight is 451 g/mol. The van der Waals surface area contributed by atoms with Crippen LogP contribution in [0.2, 0.25) is 0 Å². The number of aromatic nitrogens is 2. The van der Waals surface area contributed by atoms with Crippen molar-refractivity contribution < 1.29 is 13.2 Å². The molecule has 7 nitrogen and oxygen atoms in total. The standard InChI is InChI=1S/C24H26N4O3S/c1-4-28(5-2)32(30,31)22-12-9-19(10-13-22)11-14-24(29)27-21-8-6-7-20(17-21)23-15-16-25-18(3)26-23/h6-17H,4-5H2,1-3H3,(H,27,29)/b14-11+.